The first kappa shape index (κ1) is 17.1. The second kappa shape index (κ2) is 6.10. The van der Waals surface area contributed by atoms with Crippen molar-refractivity contribution in [2.45, 2.75) is 19.0 Å². The second-order valence-electron chi connectivity index (χ2n) is 4.66. The highest BCUT2D eigenvalue weighted by Crippen LogP contribution is 2.36. The van der Waals surface area contributed by atoms with E-state index in [9.17, 15) is 30.7 Å². The van der Waals surface area contributed by atoms with Crippen LogP contribution in [-0.2, 0) is 19.0 Å². The van der Waals surface area contributed by atoms with Crippen LogP contribution < -0.4 is 4.74 Å². The fraction of sp³-hybridized carbons (Fsp3) is 0.200. The largest absolute Gasteiger partial charge is 0.489 e. The number of hydrogen-bond donors (Lipinski definition) is 0. The third-order valence-electron chi connectivity index (χ3n) is 2.85. The molecule has 0 amide bonds. The van der Waals surface area contributed by atoms with E-state index in [-0.39, 0.29) is 17.4 Å². The quantitative estimate of drug-likeness (QED) is 0.677. The number of ether oxygens (including phenoxy) is 1. The number of hydrogen-bond acceptors (Lipinski definition) is 1. The highest BCUT2D eigenvalue weighted by atomic mass is 19.4. The number of alkyl halides is 6. The summed E-state index contributed by atoms with van der Waals surface area (Å²) in [5.41, 5.74) is -3.17. The molecule has 2 aromatic carbocycles. The van der Waals surface area contributed by atoms with Crippen LogP contribution in [0, 0.1) is 5.82 Å². The molecule has 124 valence electrons. The third-order valence-corrected chi connectivity index (χ3v) is 2.85. The molecule has 23 heavy (non-hydrogen) atoms. The van der Waals surface area contributed by atoms with Crippen molar-refractivity contribution < 1.29 is 35.5 Å². The standard InChI is InChI=1S/C15H9F7O/c16-12-2-1-3-13(7-12)23-8-9-4-10(14(17,18)19)6-11(5-9)15(20,21)22/h1-7H,8H2. The summed E-state index contributed by atoms with van der Waals surface area (Å²) in [5, 5.41) is 0. The number of rotatable bonds is 3. The van der Waals surface area contributed by atoms with Crippen LogP contribution in [0.5, 0.6) is 5.75 Å². The third kappa shape index (κ3) is 4.61. The highest BCUT2D eigenvalue weighted by Gasteiger charge is 2.36. The van der Waals surface area contributed by atoms with Crippen molar-refractivity contribution in [1.29, 1.82) is 0 Å². The Balaban J connectivity index is 2.30. The smallest absolute Gasteiger partial charge is 0.416 e. The van der Waals surface area contributed by atoms with Gasteiger partial charge < -0.3 is 4.74 Å². The Kier molecular flexibility index (Phi) is 4.53. The predicted molar refractivity (Wildman–Crippen MR) is 67.2 cm³/mol. The van der Waals surface area contributed by atoms with E-state index in [0.29, 0.717) is 12.1 Å². The van der Waals surface area contributed by atoms with Gasteiger partial charge in [-0.25, -0.2) is 4.39 Å². The van der Waals surface area contributed by atoms with Gasteiger partial charge in [-0.05, 0) is 35.9 Å². The van der Waals surface area contributed by atoms with Gasteiger partial charge in [-0.15, -0.1) is 0 Å². The fourth-order valence-corrected chi connectivity index (χ4v) is 1.83. The summed E-state index contributed by atoms with van der Waals surface area (Å²) in [6.07, 6.45) is -9.84. The Morgan fingerprint density at radius 3 is 1.83 bits per heavy atom. The summed E-state index contributed by atoms with van der Waals surface area (Å²) in [5.74, 6) is -0.640. The SMILES string of the molecule is Fc1cccc(OCc2cc(C(F)(F)F)cc(C(F)(F)F)c2)c1. The van der Waals surface area contributed by atoms with E-state index < -0.39 is 35.9 Å². The van der Waals surface area contributed by atoms with E-state index >= 15 is 0 Å². The lowest BCUT2D eigenvalue weighted by Crippen LogP contribution is -2.12. The molecule has 0 aromatic heterocycles. The topological polar surface area (TPSA) is 9.23 Å². The van der Waals surface area contributed by atoms with Crippen LogP contribution in [-0.4, -0.2) is 0 Å². The molecule has 2 aromatic rings. The van der Waals surface area contributed by atoms with E-state index in [1.54, 1.807) is 0 Å². The fourth-order valence-electron chi connectivity index (χ4n) is 1.83. The van der Waals surface area contributed by atoms with Crippen LogP contribution in [0.25, 0.3) is 0 Å². The maximum Gasteiger partial charge on any atom is 0.416 e. The molecule has 0 atom stereocenters. The number of halogens is 7. The van der Waals surface area contributed by atoms with Gasteiger partial charge in [0, 0.05) is 6.07 Å². The van der Waals surface area contributed by atoms with Gasteiger partial charge in [-0.2, -0.15) is 26.3 Å². The lowest BCUT2D eigenvalue weighted by atomic mass is 10.1. The lowest BCUT2D eigenvalue weighted by Gasteiger charge is -2.14. The average Bonchev–Trinajstić information content (AvgIpc) is 2.43. The van der Waals surface area contributed by atoms with Gasteiger partial charge in [0.05, 0.1) is 11.1 Å². The van der Waals surface area contributed by atoms with E-state index in [0.717, 1.165) is 12.1 Å². The Bertz CT molecular complexity index is 657. The van der Waals surface area contributed by atoms with Gasteiger partial charge in [-0.3, -0.25) is 0 Å². The van der Waals surface area contributed by atoms with Crippen molar-refractivity contribution in [3.05, 3.63) is 65.0 Å². The van der Waals surface area contributed by atoms with Crippen LogP contribution in [0.3, 0.4) is 0 Å². The highest BCUT2D eigenvalue weighted by molar-refractivity contribution is 5.34. The molecule has 0 saturated heterocycles. The van der Waals surface area contributed by atoms with E-state index in [1.807, 2.05) is 0 Å². The molecule has 0 spiro atoms. The molecule has 0 heterocycles. The second-order valence-corrected chi connectivity index (χ2v) is 4.66. The Hall–Kier alpha value is -2.25. The molecular weight excluding hydrogens is 329 g/mol. The zero-order valence-corrected chi connectivity index (χ0v) is 11.3. The first-order chi connectivity index (χ1) is 10.6. The minimum Gasteiger partial charge on any atom is -0.489 e. The summed E-state index contributed by atoms with van der Waals surface area (Å²) in [4.78, 5) is 0. The first-order valence-corrected chi connectivity index (χ1v) is 6.22. The van der Waals surface area contributed by atoms with Gasteiger partial charge in [0.15, 0.2) is 0 Å². The normalized spacial score (nSPS) is 12.3. The van der Waals surface area contributed by atoms with E-state index in [1.165, 1.54) is 12.1 Å². The van der Waals surface area contributed by atoms with Crippen LogP contribution in [0.2, 0.25) is 0 Å². The zero-order chi connectivity index (χ0) is 17.3. The van der Waals surface area contributed by atoms with Crippen LogP contribution in [0.15, 0.2) is 42.5 Å². The maximum absolute atomic E-state index is 13.0. The minimum absolute atomic E-state index is 0.00373. The average molecular weight is 338 g/mol. The molecule has 1 nitrogen and oxygen atoms in total. The Morgan fingerprint density at radius 1 is 0.783 bits per heavy atom. The van der Waals surface area contributed by atoms with Gasteiger partial charge in [0.25, 0.3) is 0 Å². The molecule has 0 aliphatic rings. The van der Waals surface area contributed by atoms with Crippen molar-refractivity contribution in [2.24, 2.45) is 0 Å². The van der Waals surface area contributed by atoms with E-state index in [2.05, 4.69) is 0 Å². The van der Waals surface area contributed by atoms with E-state index in [4.69, 9.17) is 4.74 Å². The van der Waals surface area contributed by atoms with Gasteiger partial charge in [0.1, 0.15) is 18.2 Å². The van der Waals surface area contributed by atoms with Crippen molar-refractivity contribution in [2.75, 3.05) is 0 Å². The first-order valence-electron chi connectivity index (χ1n) is 6.22. The lowest BCUT2D eigenvalue weighted by molar-refractivity contribution is -0.143. The van der Waals surface area contributed by atoms with Crippen LogP contribution >= 0.6 is 0 Å². The summed E-state index contributed by atoms with van der Waals surface area (Å²) >= 11 is 0. The Labute approximate surface area is 126 Å². The maximum atomic E-state index is 13.0. The Morgan fingerprint density at radius 2 is 1.35 bits per heavy atom. The molecule has 0 bridgehead atoms. The van der Waals surface area contributed by atoms with Gasteiger partial charge in [0.2, 0.25) is 0 Å². The molecular formula is C15H9F7O. The summed E-state index contributed by atoms with van der Waals surface area (Å²) in [6, 6.07) is 5.89. The number of benzene rings is 2. The molecule has 0 aliphatic carbocycles. The van der Waals surface area contributed by atoms with Crippen LogP contribution in [0.4, 0.5) is 30.7 Å². The van der Waals surface area contributed by atoms with Crippen molar-refractivity contribution in [3.8, 4) is 5.75 Å². The minimum atomic E-state index is -4.92. The van der Waals surface area contributed by atoms with Crippen molar-refractivity contribution in [1.82, 2.24) is 0 Å². The molecule has 0 unspecified atom stereocenters. The molecule has 2 rings (SSSR count). The zero-order valence-electron chi connectivity index (χ0n) is 11.3. The van der Waals surface area contributed by atoms with Gasteiger partial charge >= 0.3 is 12.4 Å². The van der Waals surface area contributed by atoms with Gasteiger partial charge in [-0.1, -0.05) is 6.07 Å². The molecule has 0 fully saturated rings. The van der Waals surface area contributed by atoms with Crippen LogP contribution in [0.1, 0.15) is 16.7 Å². The molecule has 0 radical (unpaired) electrons. The molecule has 0 aliphatic heterocycles. The predicted octanol–water partition coefficient (Wildman–Crippen LogP) is 5.44. The molecule has 0 N–H and O–H groups in total. The summed E-state index contributed by atoms with van der Waals surface area (Å²) < 4.78 is 94.2. The molecule has 0 saturated carbocycles. The van der Waals surface area contributed by atoms with Crippen molar-refractivity contribution in [3.63, 3.8) is 0 Å². The monoisotopic (exact) mass is 338 g/mol. The summed E-state index contributed by atoms with van der Waals surface area (Å²) in [6.45, 7) is -0.559. The summed E-state index contributed by atoms with van der Waals surface area (Å²) in [7, 11) is 0. The van der Waals surface area contributed by atoms with Crippen molar-refractivity contribution >= 4 is 0 Å². The molecule has 8 heteroatoms.